The van der Waals surface area contributed by atoms with Crippen LogP contribution in [-0.4, -0.2) is 0 Å². The summed E-state index contributed by atoms with van der Waals surface area (Å²) in [5.74, 6) is 2.25. The summed E-state index contributed by atoms with van der Waals surface area (Å²) in [6.07, 6.45) is 14.4. The predicted octanol–water partition coefficient (Wildman–Crippen LogP) is 3.17. The van der Waals surface area contributed by atoms with Gasteiger partial charge in [0, 0.05) is 0 Å². The molecule has 0 amide bonds. The Morgan fingerprint density at radius 3 is 2.09 bits per heavy atom. The van der Waals surface area contributed by atoms with Crippen LogP contribution < -0.4 is 0 Å². The van der Waals surface area contributed by atoms with E-state index >= 15 is 0 Å². The maximum absolute atomic E-state index is 4.60. The largest absolute Gasteiger partial charge is 0.120 e. The lowest BCUT2D eigenvalue weighted by Crippen LogP contribution is -2.06. The van der Waals surface area contributed by atoms with E-state index in [4.69, 9.17) is 0 Å². The van der Waals surface area contributed by atoms with E-state index in [1.807, 2.05) is 0 Å². The summed E-state index contributed by atoms with van der Waals surface area (Å²) in [5, 5.41) is 0. The van der Waals surface area contributed by atoms with Gasteiger partial charge in [-0.1, -0.05) is 38.2 Å². The number of rotatable bonds is 0. The summed E-state index contributed by atoms with van der Waals surface area (Å²) in [7, 11) is 0. The van der Waals surface area contributed by atoms with Crippen LogP contribution in [0.5, 0.6) is 0 Å². The van der Waals surface area contributed by atoms with E-state index in [-0.39, 0.29) is 0 Å². The smallest absolute Gasteiger partial charge is 0.00297 e. The van der Waals surface area contributed by atoms with Gasteiger partial charge in [0.25, 0.3) is 0 Å². The van der Waals surface area contributed by atoms with E-state index in [1.165, 1.54) is 6.42 Å². The number of hydrogen-bond acceptors (Lipinski definition) is 0. The van der Waals surface area contributed by atoms with Crippen LogP contribution >= 0.6 is 0 Å². The van der Waals surface area contributed by atoms with Crippen LogP contribution in [0, 0.1) is 17.8 Å². The molecule has 1 aliphatic carbocycles. The van der Waals surface area contributed by atoms with Crippen molar-refractivity contribution in [1.82, 2.24) is 0 Å². The molecule has 0 N–H and O–H groups in total. The molecule has 0 aliphatic heterocycles. The Hall–Kier alpha value is -0.960. The molecule has 0 heteroatoms. The van der Waals surface area contributed by atoms with Gasteiger partial charge in [0.05, 0.1) is 0 Å². The van der Waals surface area contributed by atoms with Gasteiger partial charge in [0.2, 0.25) is 0 Å². The zero-order valence-electron chi connectivity index (χ0n) is 7.59. The quantitative estimate of drug-likeness (QED) is 0.463. The lowest BCUT2D eigenvalue weighted by atomic mass is 9.86. The summed E-state index contributed by atoms with van der Waals surface area (Å²) < 4.78 is 0. The third kappa shape index (κ3) is 5.48. The minimum atomic E-state index is 0.411. The average Bonchev–Trinajstić information content (AvgIpc) is 1.88. The first-order chi connectivity index (χ1) is 5.12. The molecule has 0 aromatic rings. The first-order valence-electron chi connectivity index (χ1n) is 3.84. The van der Waals surface area contributed by atoms with Gasteiger partial charge < -0.3 is 0 Å². The van der Waals surface area contributed by atoms with Crippen molar-refractivity contribution >= 4 is 0 Å². The molecule has 0 aromatic carbocycles. The first kappa shape index (κ1) is 10.0. The average molecular weight is 148 g/mol. The fourth-order valence-corrected chi connectivity index (χ4v) is 0.834. The van der Waals surface area contributed by atoms with Crippen LogP contribution in [0.4, 0.5) is 0 Å². The van der Waals surface area contributed by atoms with Crippen LogP contribution in [0.1, 0.15) is 27.2 Å². The second-order valence-corrected chi connectivity index (χ2v) is 3.27. The first-order valence-corrected chi connectivity index (χ1v) is 3.84. The monoisotopic (exact) mass is 148 g/mol. The van der Waals surface area contributed by atoms with Crippen molar-refractivity contribution in [2.45, 2.75) is 27.2 Å². The van der Waals surface area contributed by atoms with Gasteiger partial charge >= 0.3 is 0 Å². The molecule has 0 fully saturated rings. The SMILES string of the molecule is C#CC.CC1(C)C=CC=CC1. The summed E-state index contributed by atoms with van der Waals surface area (Å²) >= 11 is 0. The van der Waals surface area contributed by atoms with Crippen LogP contribution in [0.15, 0.2) is 24.3 Å². The van der Waals surface area contributed by atoms with Crippen LogP contribution in [0.2, 0.25) is 0 Å². The van der Waals surface area contributed by atoms with Crippen molar-refractivity contribution in [3.8, 4) is 12.3 Å². The maximum atomic E-state index is 4.60. The Balaban J connectivity index is 0.000000292. The number of hydrogen-bond donors (Lipinski definition) is 0. The molecule has 11 heavy (non-hydrogen) atoms. The van der Waals surface area contributed by atoms with E-state index in [0.29, 0.717) is 5.41 Å². The molecule has 0 bridgehead atoms. The van der Waals surface area contributed by atoms with Crippen molar-refractivity contribution in [2.24, 2.45) is 5.41 Å². The van der Waals surface area contributed by atoms with Gasteiger partial charge in [-0.3, -0.25) is 0 Å². The fraction of sp³-hybridized carbons (Fsp3) is 0.455. The Morgan fingerprint density at radius 1 is 1.36 bits per heavy atom. The van der Waals surface area contributed by atoms with Crippen LogP contribution in [0.25, 0.3) is 0 Å². The van der Waals surface area contributed by atoms with E-state index in [0.717, 1.165) is 0 Å². The molecule has 1 aliphatic rings. The maximum Gasteiger partial charge on any atom is -0.00297 e. The summed E-state index contributed by atoms with van der Waals surface area (Å²) in [6.45, 7) is 6.14. The van der Waals surface area contributed by atoms with Gasteiger partial charge in [-0.25, -0.2) is 0 Å². The molecular weight excluding hydrogens is 132 g/mol. The van der Waals surface area contributed by atoms with E-state index < -0.39 is 0 Å². The van der Waals surface area contributed by atoms with Gasteiger partial charge in [-0.05, 0) is 18.8 Å². The van der Waals surface area contributed by atoms with Crippen LogP contribution in [-0.2, 0) is 0 Å². The molecule has 0 nitrogen and oxygen atoms in total. The Labute approximate surface area is 70.0 Å². The molecule has 0 aromatic heterocycles. The topological polar surface area (TPSA) is 0 Å². The predicted molar refractivity (Wildman–Crippen MR) is 51.2 cm³/mol. The number of allylic oxidation sites excluding steroid dienone is 4. The summed E-state index contributed by atoms with van der Waals surface area (Å²) in [4.78, 5) is 0. The summed E-state index contributed by atoms with van der Waals surface area (Å²) in [6, 6.07) is 0. The van der Waals surface area contributed by atoms with Gasteiger partial charge in [-0.2, -0.15) is 0 Å². The second-order valence-electron chi connectivity index (χ2n) is 3.27. The highest BCUT2D eigenvalue weighted by molar-refractivity contribution is 5.13. The third-order valence-corrected chi connectivity index (χ3v) is 1.44. The van der Waals surface area contributed by atoms with Crippen molar-refractivity contribution in [2.75, 3.05) is 0 Å². The number of terminal acetylenes is 1. The van der Waals surface area contributed by atoms with E-state index in [1.54, 1.807) is 6.92 Å². The molecule has 0 saturated carbocycles. The molecule has 1 rings (SSSR count). The molecule has 0 spiro atoms. The van der Waals surface area contributed by atoms with Crippen LogP contribution in [0.3, 0.4) is 0 Å². The molecule has 0 unspecified atom stereocenters. The zero-order valence-corrected chi connectivity index (χ0v) is 7.59. The molecule has 60 valence electrons. The second kappa shape index (κ2) is 4.79. The molecule has 0 saturated heterocycles. The summed E-state index contributed by atoms with van der Waals surface area (Å²) in [5.41, 5.74) is 0.411. The van der Waals surface area contributed by atoms with Gasteiger partial charge in [0.1, 0.15) is 0 Å². The van der Waals surface area contributed by atoms with Crippen molar-refractivity contribution < 1.29 is 0 Å². The van der Waals surface area contributed by atoms with Gasteiger partial charge in [-0.15, -0.1) is 12.3 Å². The highest BCUT2D eigenvalue weighted by Gasteiger charge is 2.11. The van der Waals surface area contributed by atoms with Crippen molar-refractivity contribution in [3.05, 3.63) is 24.3 Å². The Kier molecular flexibility index (Phi) is 4.38. The lowest BCUT2D eigenvalue weighted by molar-refractivity contribution is 0.484. The standard InChI is InChI=1S/C8H12.C3H4/c1-8(2)6-4-3-5-7-8;1-3-2/h3-6H,7H2,1-2H3;1H,2H3. The normalized spacial score (nSPS) is 18.0. The Bertz CT molecular complexity index is 187. The molecule has 0 radical (unpaired) electrons. The van der Waals surface area contributed by atoms with E-state index in [2.05, 4.69) is 50.5 Å². The fourth-order valence-electron chi connectivity index (χ4n) is 0.834. The van der Waals surface area contributed by atoms with Crippen molar-refractivity contribution in [1.29, 1.82) is 0 Å². The minimum absolute atomic E-state index is 0.411. The Morgan fingerprint density at radius 2 is 1.91 bits per heavy atom. The van der Waals surface area contributed by atoms with E-state index in [9.17, 15) is 0 Å². The van der Waals surface area contributed by atoms with Gasteiger partial charge in [0.15, 0.2) is 0 Å². The minimum Gasteiger partial charge on any atom is -0.120 e. The highest BCUT2D eigenvalue weighted by Crippen LogP contribution is 2.24. The molecular formula is C11H16. The third-order valence-electron chi connectivity index (χ3n) is 1.44. The highest BCUT2D eigenvalue weighted by atomic mass is 14.2. The van der Waals surface area contributed by atoms with Crippen molar-refractivity contribution in [3.63, 3.8) is 0 Å². The molecule has 0 atom stereocenters. The zero-order chi connectivity index (χ0) is 8.74. The molecule has 0 heterocycles. The lowest BCUT2D eigenvalue weighted by Gasteiger charge is -2.19.